The molecule has 0 aliphatic heterocycles. The van der Waals surface area contributed by atoms with E-state index in [9.17, 15) is 8.42 Å². The number of halogens is 1. The van der Waals surface area contributed by atoms with Crippen LogP contribution in [-0.2, 0) is 10.0 Å². The maximum absolute atomic E-state index is 12.4. The van der Waals surface area contributed by atoms with Crippen LogP contribution in [0.5, 0.6) is 0 Å². The first-order valence-electron chi connectivity index (χ1n) is 6.60. The van der Waals surface area contributed by atoms with Crippen molar-refractivity contribution >= 4 is 37.9 Å². The van der Waals surface area contributed by atoms with Crippen LogP contribution in [-0.4, -0.2) is 24.3 Å². The highest BCUT2D eigenvalue weighted by atomic mass is 35.5. The zero-order chi connectivity index (χ0) is 14.3. The number of nitrogens with zero attached hydrogens (tertiary/aromatic N) is 2. The summed E-state index contributed by atoms with van der Waals surface area (Å²) in [6.45, 7) is 2.64. The number of rotatable bonds is 4. The third-order valence-corrected chi connectivity index (χ3v) is 6.59. The van der Waals surface area contributed by atoms with Gasteiger partial charge in [-0.25, -0.2) is 18.1 Å². The second-order valence-electron chi connectivity index (χ2n) is 5.28. The van der Waals surface area contributed by atoms with Gasteiger partial charge in [-0.2, -0.15) is 0 Å². The summed E-state index contributed by atoms with van der Waals surface area (Å²) >= 11 is 7.33. The molecule has 2 unspecified atom stereocenters. The number of nitrogens with one attached hydrogen (secondary N) is 1. The molecule has 2 aromatic rings. The first-order chi connectivity index (χ1) is 9.49. The molecule has 0 amide bonds. The lowest BCUT2D eigenvalue weighted by Crippen LogP contribution is -2.31. The fourth-order valence-electron chi connectivity index (χ4n) is 2.79. The molecule has 2 atom stereocenters. The molecule has 5 nitrogen and oxygen atoms in total. The molecule has 0 aromatic carbocycles. The second kappa shape index (κ2) is 5.29. The third kappa shape index (κ3) is 2.47. The van der Waals surface area contributed by atoms with E-state index in [1.165, 1.54) is 28.6 Å². The van der Waals surface area contributed by atoms with Crippen LogP contribution in [0.4, 0.5) is 0 Å². The van der Waals surface area contributed by atoms with Crippen LogP contribution in [0, 0.1) is 11.8 Å². The Bertz CT molecular complexity index is 722. The predicted molar refractivity (Wildman–Crippen MR) is 79.8 cm³/mol. The van der Waals surface area contributed by atoms with Crippen LogP contribution in [0.15, 0.2) is 16.6 Å². The number of hydrogen-bond acceptors (Lipinski definition) is 4. The Kier molecular flexibility index (Phi) is 3.79. The number of aromatic nitrogens is 2. The van der Waals surface area contributed by atoms with E-state index < -0.39 is 10.0 Å². The van der Waals surface area contributed by atoms with Crippen molar-refractivity contribution < 1.29 is 8.42 Å². The zero-order valence-corrected chi connectivity index (χ0v) is 13.4. The fraction of sp³-hybridized carbons (Fsp3) is 0.583. The summed E-state index contributed by atoms with van der Waals surface area (Å²) in [5.41, 5.74) is 0. The fourth-order valence-corrected chi connectivity index (χ4v) is 5.33. The maximum Gasteiger partial charge on any atom is 0.259 e. The molecule has 1 aliphatic rings. The molecule has 0 saturated heterocycles. The highest BCUT2D eigenvalue weighted by Crippen LogP contribution is 2.31. The Morgan fingerprint density at radius 1 is 1.55 bits per heavy atom. The standard InChI is InChI=1S/C12H16ClN3O2S2/c1-8-3-2-4-9(8)7-14-20(17,18)11-10(13)15-12-16(11)5-6-19-12/h5-6,8-9,14H,2-4,7H2,1H3. The van der Waals surface area contributed by atoms with E-state index in [2.05, 4.69) is 16.6 Å². The van der Waals surface area contributed by atoms with Crippen LogP contribution in [0.3, 0.4) is 0 Å². The van der Waals surface area contributed by atoms with E-state index in [0.29, 0.717) is 23.3 Å². The van der Waals surface area contributed by atoms with Crippen LogP contribution >= 0.6 is 22.9 Å². The number of imidazole rings is 1. The summed E-state index contributed by atoms with van der Waals surface area (Å²) < 4.78 is 29.1. The second-order valence-corrected chi connectivity index (χ2v) is 8.20. The molecule has 8 heteroatoms. The highest BCUT2D eigenvalue weighted by Gasteiger charge is 2.28. The lowest BCUT2D eigenvalue weighted by atomic mass is 9.99. The first-order valence-corrected chi connectivity index (χ1v) is 9.34. The number of hydrogen-bond donors (Lipinski definition) is 1. The zero-order valence-electron chi connectivity index (χ0n) is 11.0. The van der Waals surface area contributed by atoms with Crippen LogP contribution < -0.4 is 4.72 Å². The molecule has 110 valence electrons. The van der Waals surface area contributed by atoms with Crippen molar-refractivity contribution in [2.45, 2.75) is 31.2 Å². The summed E-state index contributed by atoms with van der Waals surface area (Å²) in [4.78, 5) is 4.65. The highest BCUT2D eigenvalue weighted by molar-refractivity contribution is 7.89. The smallest absolute Gasteiger partial charge is 0.259 e. The molecule has 1 saturated carbocycles. The van der Waals surface area contributed by atoms with Crippen LogP contribution in [0.25, 0.3) is 4.96 Å². The third-order valence-electron chi connectivity index (χ3n) is 4.01. The van der Waals surface area contributed by atoms with Gasteiger partial charge in [-0.1, -0.05) is 31.4 Å². The van der Waals surface area contributed by atoms with Crippen molar-refractivity contribution in [1.82, 2.24) is 14.1 Å². The summed E-state index contributed by atoms with van der Waals surface area (Å²) in [6, 6.07) is 0. The summed E-state index contributed by atoms with van der Waals surface area (Å²) in [5, 5.41) is 1.86. The van der Waals surface area contributed by atoms with E-state index in [1.807, 2.05) is 0 Å². The van der Waals surface area contributed by atoms with E-state index in [1.54, 1.807) is 11.6 Å². The Balaban J connectivity index is 1.84. The van der Waals surface area contributed by atoms with Gasteiger partial charge in [0, 0.05) is 18.1 Å². The van der Waals surface area contributed by atoms with Crippen molar-refractivity contribution in [3.8, 4) is 0 Å². The van der Waals surface area contributed by atoms with Gasteiger partial charge in [-0.3, -0.25) is 4.40 Å². The minimum atomic E-state index is -3.63. The molecule has 0 radical (unpaired) electrons. The van der Waals surface area contributed by atoms with Crippen molar-refractivity contribution in [2.75, 3.05) is 6.54 Å². The van der Waals surface area contributed by atoms with Gasteiger partial charge in [0.1, 0.15) is 0 Å². The summed E-state index contributed by atoms with van der Waals surface area (Å²) in [7, 11) is -3.63. The molecule has 1 N–H and O–H groups in total. The van der Waals surface area contributed by atoms with Crippen LogP contribution in [0.1, 0.15) is 26.2 Å². The average Bonchev–Trinajstić information content (AvgIpc) is 3.02. The van der Waals surface area contributed by atoms with Gasteiger partial charge in [0.15, 0.2) is 15.1 Å². The SMILES string of the molecule is CC1CCCC1CNS(=O)(=O)c1c(Cl)nc2sccn12. The van der Waals surface area contributed by atoms with Crippen LogP contribution in [0.2, 0.25) is 5.15 Å². The molecule has 0 spiro atoms. The minimum absolute atomic E-state index is 0.0313. The Hall–Kier alpha value is -0.630. The number of sulfonamides is 1. The normalized spacial score (nSPS) is 23.7. The molecular formula is C12H16ClN3O2S2. The van der Waals surface area contributed by atoms with Gasteiger partial charge in [0.25, 0.3) is 10.0 Å². The maximum atomic E-state index is 12.4. The Morgan fingerprint density at radius 2 is 2.35 bits per heavy atom. The van der Waals surface area contributed by atoms with Gasteiger partial charge in [-0.15, -0.1) is 11.3 Å². The molecule has 3 rings (SSSR count). The van der Waals surface area contributed by atoms with Crippen molar-refractivity contribution in [2.24, 2.45) is 11.8 Å². The molecule has 20 heavy (non-hydrogen) atoms. The summed E-state index contributed by atoms with van der Waals surface area (Å²) in [5.74, 6) is 0.981. The topological polar surface area (TPSA) is 63.5 Å². The van der Waals surface area contributed by atoms with E-state index in [-0.39, 0.29) is 10.2 Å². The quantitative estimate of drug-likeness (QED) is 0.935. The molecule has 1 aliphatic carbocycles. The van der Waals surface area contributed by atoms with Gasteiger partial charge in [-0.05, 0) is 18.3 Å². The number of thiazole rings is 1. The summed E-state index contributed by atoms with van der Waals surface area (Å²) in [6.07, 6.45) is 5.10. The number of fused-ring (bicyclic) bond motifs is 1. The van der Waals surface area contributed by atoms with E-state index in [4.69, 9.17) is 11.6 Å². The molecule has 1 fully saturated rings. The molecule has 0 bridgehead atoms. The van der Waals surface area contributed by atoms with E-state index >= 15 is 0 Å². The van der Waals surface area contributed by atoms with Gasteiger partial charge >= 0.3 is 0 Å². The van der Waals surface area contributed by atoms with Gasteiger partial charge in [0.2, 0.25) is 0 Å². The van der Waals surface area contributed by atoms with Gasteiger partial charge in [0.05, 0.1) is 0 Å². The first kappa shape index (κ1) is 14.3. The van der Waals surface area contributed by atoms with Crippen molar-refractivity contribution in [3.63, 3.8) is 0 Å². The minimum Gasteiger partial charge on any atom is -0.279 e. The van der Waals surface area contributed by atoms with Crippen molar-refractivity contribution in [3.05, 3.63) is 16.7 Å². The van der Waals surface area contributed by atoms with Crippen molar-refractivity contribution in [1.29, 1.82) is 0 Å². The molecule has 2 heterocycles. The van der Waals surface area contributed by atoms with E-state index in [0.717, 1.165) is 6.42 Å². The monoisotopic (exact) mass is 333 g/mol. The Labute approximate surface area is 127 Å². The Morgan fingerprint density at radius 3 is 3.05 bits per heavy atom. The average molecular weight is 334 g/mol. The lowest BCUT2D eigenvalue weighted by molar-refractivity contribution is 0.414. The largest absolute Gasteiger partial charge is 0.279 e. The lowest BCUT2D eigenvalue weighted by Gasteiger charge is -2.15. The van der Waals surface area contributed by atoms with Gasteiger partial charge < -0.3 is 0 Å². The molecular weight excluding hydrogens is 318 g/mol. The molecule has 2 aromatic heterocycles. The predicted octanol–water partition coefficient (Wildman–Crippen LogP) is 2.76.